The molecule has 0 atom stereocenters. The Morgan fingerprint density at radius 3 is 2.36 bits per heavy atom. The quantitative estimate of drug-likeness (QED) is 0.175. The number of carbonyl (C=O) groups is 1. The summed E-state index contributed by atoms with van der Waals surface area (Å²) in [6, 6.07) is 23.7. The zero-order valence-corrected chi connectivity index (χ0v) is 18.7. The minimum absolute atomic E-state index is 0.270. The summed E-state index contributed by atoms with van der Waals surface area (Å²) >= 11 is 5.97. The van der Waals surface area contributed by atoms with Gasteiger partial charge in [-0.2, -0.15) is 0 Å². The molecule has 0 unspecified atom stereocenters. The van der Waals surface area contributed by atoms with Crippen molar-refractivity contribution in [2.24, 2.45) is 0 Å². The molecule has 0 amide bonds. The first-order valence-corrected chi connectivity index (χ1v) is 10.4. The maximum Gasteiger partial charge on any atom is 0.341 e. The summed E-state index contributed by atoms with van der Waals surface area (Å²) in [4.78, 5) is 12.3. The third kappa shape index (κ3) is 4.91. The molecule has 0 aliphatic heterocycles. The van der Waals surface area contributed by atoms with Crippen LogP contribution >= 0.6 is 11.6 Å². The van der Waals surface area contributed by atoms with Gasteiger partial charge in [-0.25, -0.2) is 4.79 Å². The number of nitrogens with zero attached hydrogens (tertiary/aromatic N) is 1. The molecule has 0 radical (unpaired) electrons. The van der Waals surface area contributed by atoms with Gasteiger partial charge in [0.25, 0.3) is 0 Å². The first-order chi connectivity index (χ1) is 16.1. The molecule has 7 heteroatoms. The molecule has 0 aliphatic rings. The first-order valence-electron chi connectivity index (χ1n) is 10.0. The summed E-state index contributed by atoms with van der Waals surface area (Å²) in [6.07, 6.45) is 1.35. The van der Waals surface area contributed by atoms with Gasteiger partial charge in [-0.05, 0) is 36.4 Å². The second kappa shape index (κ2) is 10.1. The summed E-state index contributed by atoms with van der Waals surface area (Å²) in [5.41, 5.74) is 2.85. The zero-order valence-electron chi connectivity index (χ0n) is 17.9. The summed E-state index contributed by atoms with van der Waals surface area (Å²) in [5, 5.41) is 4.87. The van der Waals surface area contributed by atoms with Gasteiger partial charge in [-0.15, -0.1) is 0 Å². The maximum atomic E-state index is 12.3. The van der Waals surface area contributed by atoms with Gasteiger partial charge in [0, 0.05) is 22.2 Å². The fraction of sp³-hybridized carbons (Fsp3) is 0.0769. The van der Waals surface area contributed by atoms with E-state index in [-0.39, 0.29) is 5.57 Å². The third-order valence-electron chi connectivity index (χ3n) is 4.84. The Kier molecular flexibility index (Phi) is 6.76. The predicted octanol–water partition coefficient (Wildman–Crippen LogP) is 6.61. The molecular formula is C26H20ClNO5. The van der Waals surface area contributed by atoms with Gasteiger partial charge in [-0.3, -0.25) is 0 Å². The lowest BCUT2D eigenvalue weighted by Crippen LogP contribution is -2.05. The van der Waals surface area contributed by atoms with E-state index < -0.39 is 5.97 Å². The largest absolute Gasteiger partial charge is 0.503 e. The second-order valence-electron chi connectivity index (χ2n) is 6.93. The number of aromatic nitrogens is 1. The number of benzene rings is 3. The summed E-state index contributed by atoms with van der Waals surface area (Å²) in [6.45, 7) is 0. The Balaban J connectivity index is 1.71. The lowest BCUT2D eigenvalue weighted by molar-refractivity contribution is -0.133. The average molecular weight is 462 g/mol. The highest BCUT2D eigenvalue weighted by atomic mass is 35.5. The molecule has 0 bridgehead atoms. The predicted molar refractivity (Wildman–Crippen MR) is 126 cm³/mol. The monoisotopic (exact) mass is 461 g/mol. The number of rotatable bonds is 7. The lowest BCUT2D eigenvalue weighted by Gasteiger charge is -2.10. The maximum absolute atomic E-state index is 12.3. The van der Waals surface area contributed by atoms with Crippen molar-refractivity contribution in [1.29, 1.82) is 0 Å². The summed E-state index contributed by atoms with van der Waals surface area (Å²) in [7, 11) is 2.79. The minimum Gasteiger partial charge on any atom is -0.503 e. The van der Waals surface area contributed by atoms with Crippen LogP contribution in [0.1, 0.15) is 5.56 Å². The molecule has 1 heterocycles. The molecule has 4 aromatic rings. The van der Waals surface area contributed by atoms with Crippen LogP contribution in [-0.4, -0.2) is 25.3 Å². The van der Waals surface area contributed by atoms with Gasteiger partial charge in [0.1, 0.15) is 22.8 Å². The van der Waals surface area contributed by atoms with Crippen LogP contribution in [0, 0.1) is 0 Å². The SMILES string of the molecule is CO/C=C(\C(=O)OC)c1ccccc1-c1cc(-c2ccccc2Oc2ccc(Cl)cc2)on1. The number of carbonyl (C=O) groups excluding carboxylic acids is 1. The molecule has 166 valence electrons. The molecule has 0 spiro atoms. The van der Waals surface area contributed by atoms with E-state index in [0.717, 1.165) is 5.56 Å². The molecule has 4 rings (SSSR count). The molecular weight excluding hydrogens is 442 g/mol. The molecule has 0 N–H and O–H groups in total. The van der Waals surface area contributed by atoms with Crippen LogP contribution in [0.5, 0.6) is 11.5 Å². The van der Waals surface area contributed by atoms with Crippen molar-refractivity contribution in [3.05, 3.63) is 95.7 Å². The van der Waals surface area contributed by atoms with E-state index in [4.69, 9.17) is 30.3 Å². The van der Waals surface area contributed by atoms with E-state index in [1.807, 2.05) is 42.5 Å². The van der Waals surface area contributed by atoms with Gasteiger partial charge in [0.2, 0.25) is 0 Å². The lowest BCUT2D eigenvalue weighted by atomic mass is 9.98. The molecule has 0 saturated carbocycles. The van der Waals surface area contributed by atoms with E-state index in [2.05, 4.69) is 5.16 Å². The zero-order chi connectivity index (χ0) is 23.2. The first kappa shape index (κ1) is 22.2. The van der Waals surface area contributed by atoms with Gasteiger partial charge in [-0.1, -0.05) is 53.2 Å². The van der Waals surface area contributed by atoms with Crippen LogP contribution in [0.4, 0.5) is 0 Å². The summed E-state index contributed by atoms with van der Waals surface area (Å²) < 4.78 is 21.7. The Bertz CT molecular complexity index is 1290. The Labute approximate surface area is 196 Å². The molecule has 0 fully saturated rings. The molecule has 6 nitrogen and oxygen atoms in total. The Morgan fingerprint density at radius 2 is 1.64 bits per heavy atom. The summed E-state index contributed by atoms with van der Waals surface area (Å²) in [5.74, 6) is 1.24. The number of halogens is 1. The van der Waals surface area contributed by atoms with Crippen LogP contribution in [-0.2, 0) is 14.3 Å². The Morgan fingerprint density at radius 1 is 0.939 bits per heavy atom. The standard InChI is InChI=1S/C26H20ClNO5/c1-30-16-22(26(29)31-2)19-7-3-4-8-20(19)23-15-25(33-28-23)21-9-5-6-10-24(21)32-18-13-11-17(27)12-14-18/h3-16H,1-2H3/b22-16-. The number of esters is 1. The molecule has 3 aromatic carbocycles. The van der Waals surface area contributed by atoms with E-state index in [1.54, 1.807) is 36.4 Å². The van der Waals surface area contributed by atoms with Gasteiger partial charge in [0.15, 0.2) is 5.76 Å². The topological polar surface area (TPSA) is 70.8 Å². The van der Waals surface area contributed by atoms with Gasteiger partial charge < -0.3 is 18.7 Å². The van der Waals surface area contributed by atoms with Crippen molar-refractivity contribution in [3.63, 3.8) is 0 Å². The average Bonchev–Trinajstić information content (AvgIpc) is 3.34. The highest BCUT2D eigenvalue weighted by Gasteiger charge is 2.20. The highest BCUT2D eigenvalue weighted by Crippen LogP contribution is 2.37. The van der Waals surface area contributed by atoms with E-state index in [9.17, 15) is 4.79 Å². The van der Waals surface area contributed by atoms with Gasteiger partial charge in [0.05, 0.1) is 26.0 Å². The fourth-order valence-electron chi connectivity index (χ4n) is 3.31. The molecule has 1 aromatic heterocycles. The Hall–Kier alpha value is -4.03. The molecule has 0 aliphatic carbocycles. The van der Waals surface area contributed by atoms with Crippen molar-refractivity contribution in [3.8, 4) is 34.1 Å². The van der Waals surface area contributed by atoms with E-state index >= 15 is 0 Å². The van der Waals surface area contributed by atoms with Crippen molar-refractivity contribution < 1.29 is 23.5 Å². The fourth-order valence-corrected chi connectivity index (χ4v) is 3.43. The van der Waals surface area contributed by atoms with Crippen LogP contribution in [0.25, 0.3) is 28.2 Å². The minimum atomic E-state index is -0.519. The van der Waals surface area contributed by atoms with Crippen LogP contribution in [0.2, 0.25) is 5.02 Å². The number of methoxy groups -OCH3 is 2. The number of ether oxygens (including phenoxy) is 3. The van der Waals surface area contributed by atoms with Crippen LogP contribution < -0.4 is 4.74 Å². The normalized spacial score (nSPS) is 11.2. The van der Waals surface area contributed by atoms with Crippen molar-refractivity contribution >= 4 is 23.1 Å². The van der Waals surface area contributed by atoms with Crippen LogP contribution in [0.3, 0.4) is 0 Å². The van der Waals surface area contributed by atoms with Crippen molar-refractivity contribution in [1.82, 2.24) is 5.16 Å². The molecule has 33 heavy (non-hydrogen) atoms. The van der Waals surface area contributed by atoms with Crippen LogP contribution in [0.15, 0.2) is 89.6 Å². The van der Waals surface area contributed by atoms with Crippen molar-refractivity contribution in [2.75, 3.05) is 14.2 Å². The third-order valence-corrected chi connectivity index (χ3v) is 5.09. The van der Waals surface area contributed by atoms with Gasteiger partial charge >= 0.3 is 5.97 Å². The van der Waals surface area contributed by atoms with Crippen molar-refractivity contribution in [2.45, 2.75) is 0 Å². The number of hydrogen-bond acceptors (Lipinski definition) is 6. The van der Waals surface area contributed by atoms with E-state index in [1.165, 1.54) is 20.5 Å². The second-order valence-corrected chi connectivity index (χ2v) is 7.37. The smallest absolute Gasteiger partial charge is 0.341 e. The highest BCUT2D eigenvalue weighted by molar-refractivity contribution is 6.30. The number of para-hydroxylation sites is 1. The van der Waals surface area contributed by atoms with E-state index in [0.29, 0.717) is 39.1 Å². The number of hydrogen-bond donors (Lipinski definition) is 0. The molecule has 0 saturated heterocycles.